The second-order valence-corrected chi connectivity index (χ2v) is 7.18. The van der Waals surface area contributed by atoms with Gasteiger partial charge in [-0.05, 0) is 49.6 Å². The molecule has 1 aliphatic rings. The van der Waals surface area contributed by atoms with E-state index >= 15 is 0 Å². The van der Waals surface area contributed by atoms with Gasteiger partial charge in [-0.3, -0.25) is 4.99 Å². The Kier molecular flexibility index (Phi) is 9.73. The molecule has 1 aliphatic heterocycles. The van der Waals surface area contributed by atoms with Crippen LogP contribution in [0.1, 0.15) is 36.9 Å². The Morgan fingerprint density at radius 3 is 2.55 bits per heavy atom. The number of guanidine groups is 1. The highest BCUT2D eigenvalue weighted by Crippen LogP contribution is 2.25. The predicted molar refractivity (Wildman–Crippen MR) is 128 cm³/mol. The van der Waals surface area contributed by atoms with E-state index in [1.807, 2.05) is 19.1 Å². The first-order valence-corrected chi connectivity index (χ1v) is 10.0. The summed E-state index contributed by atoms with van der Waals surface area (Å²) >= 11 is 0. The molecule has 2 N–H and O–H groups in total. The van der Waals surface area contributed by atoms with Crippen LogP contribution in [0.25, 0.3) is 0 Å². The van der Waals surface area contributed by atoms with Crippen LogP contribution in [0.4, 0.5) is 18.9 Å². The summed E-state index contributed by atoms with van der Waals surface area (Å²) in [5.41, 5.74) is 2.31. The Bertz CT molecular complexity index is 876. The number of aliphatic imine (C=N–C) groups is 1. The molecule has 0 aromatic heterocycles. The van der Waals surface area contributed by atoms with Gasteiger partial charge in [0.1, 0.15) is 11.6 Å². The second kappa shape index (κ2) is 12.0. The fourth-order valence-corrected chi connectivity index (χ4v) is 3.54. The topological polar surface area (TPSA) is 48.9 Å². The highest BCUT2D eigenvalue weighted by molar-refractivity contribution is 14.0. The molecule has 3 rings (SSSR count). The summed E-state index contributed by atoms with van der Waals surface area (Å²) in [5.74, 6) is -0.387. The van der Waals surface area contributed by atoms with Crippen molar-refractivity contribution in [3.8, 4) is 5.75 Å². The maximum atomic E-state index is 14.1. The van der Waals surface area contributed by atoms with Crippen LogP contribution in [0.3, 0.4) is 0 Å². The molecule has 31 heavy (non-hydrogen) atoms. The number of hydrogen-bond donors (Lipinski definition) is 2. The van der Waals surface area contributed by atoms with Crippen molar-refractivity contribution in [1.29, 1.82) is 0 Å². The Hall–Kier alpha value is -2.17. The minimum atomic E-state index is -3.02. The summed E-state index contributed by atoms with van der Waals surface area (Å²) in [6.45, 7) is 1.07. The number of ether oxygens (including phenoxy) is 1. The molecule has 0 bridgehead atoms. The monoisotopic (exact) mass is 548 g/mol. The molecular formula is C22H28F3IN4O. The highest BCUT2D eigenvalue weighted by atomic mass is 127. The van der Waals surface area contributed by atoms with E-state index in [2.05, 4.69) is 37.4 Å². The summed E-state index contributed by atoms with van der Waals surface area (Å²) in [6.07, 6.45) is 2.42. The van der Waals surface area contributed by atoms with E-state index in [0.717, 1.165) is 18.7 Å². The van der Waals surface area contributed by atoms with Crippen LogP contribution < -0.4 is 20.3 Å². The van der Waals surface area contributed by atoms with Gasteiger partial charge in [0, 0.05) is 37.9 Å². The van der Waals surface area contributed by atoms with Gasteiger partial charge in [-0.2, -0.15) is 8.78 Å². The Balaban J connectivity index is 0.00000341. The number of halogens is 4. The van der Waals surface area contributed by atoms with Crippen molar-refractivity contribution in [2.24, 2.45) is 4.99 Å². The predicted octanol–water partition coefficient (Wildman–Crippen LogP) is 5.07. The number of benzene rings is 2. The molecule has 170 valence electrons. The molecule has 0 amide bonds. The van der Waals surface area contributed by atoms with Crippen LogP contribution >= 0.6 is 24.0 Å². The molecule has 2 aromatic rings. The zero-order chi connectivity index (χ0) is 21.5. The molecule has 0 saturated carbocycles. The normalized spacial score (nSPS) is 14.9. The number of anilines is 1. The lowest BCUT2D eigenvalue weighted by molar-refractivity contribution is -0.0506. The maximum absolute atomic E-state index is 14.1. The van der Waals surface area contributed by atoms with Crippen molar-refractivity contribution in [3.63, 3.8) is 0 Å². The molecule has 0 spiro atoms. The van der Waals surface area contributed by atoms with E-state index in [0.29, 0.717) is 5.96 Å². The minimum Gasteiger partial charge on any atom is -0.434 e. The van der Waals surface area contributed by atoms with Crippen LogP contribution in [0.2, 0.25) is 0 Å². The van der Waals surface area contributed by atoms with Gasteiger partial charge in [-0.1, -0.05) is 18.2 Å². The molecule has 2 aromatic carbocycles. The lowest BCUT2D eigenvalue weighted by Crippen LogP contribution is -2.38. The largest absolute Gasteiger partial charge is 0.434 e. The average molecular weight is 548 g/mol. The third-order valence-electron chi connectivity index (χ3n) is 5.14. The van der Waals surface area contributed by atoms with Gasteiger partial charge >= 0.3 is 6.61 Å². The highest BCUT2D eigenvalue weighted by Gasteiger charge is 2.16. The second-order valence-electron chi connectivity index (χ2n) is 7.18. The first-order valence-electron chi connectivity index (χ1n) is 10.0. The van der Waals surface area contributed by atoms with Crippen molar-refractivity contribution in [2.45, 2.75) is 39.0 Å². The minimum absolute atomic E-state index is 0. The van der Waals surface area contributed by atoms with Gasteiger partial charge in [0.15, 0.2) is 5.96 Å². The van der Waals surface area contributed by atoms with Gasteiger partial charge in [-0.15, -0.1) is 24.0 Å². The first-order chi connectivity index (χ1) is 14.5. The Morgan fingerprint density at radius 2 is 1.87 bits per heavy atom. The summed E-state index contributed by atoms with van der Waals surface area (Å²) in [6, 6.07) is 12.1. The average Bonchev–Trinajstić information content (AvgIpc) is 3.27. The zero-order valence-corrected chi connectivity index (χ0v) is 19.9. The summed E-state index contributed by atoms with van der Waals surface area (Å²) < 4.78 is 43.8. The van der Waals surface area contributed by atoms with Crippen LogP contribution in [0.15, 0.2) is 47.5 Å². The van der Waals surface area contributed by atoms with E-state index in [1.165, 1.54) is 36.7 Å². The number of rotatable bonds is 7. The van der Waals surface area contributed by atoms with Gasteiger partial charge in [-0.25, -0.2) is 4.39 Å². The molecule has 9 heteroatoms. The fraction of sp³-hybridized carbons (Fsp3) is 0.409. The van der Waals surface area contributed by atoms with E-state index in [-0.39, 0.29) is 47.9 Å². The van der Waals surface area contributed by atoms with Crippen molar-refractivity contribution in [2.75, 3.05) is 25.0 Å². The van der Waals surface area contributed by atoms with Crippen LogP contribution in [-0.4, -0.2) is 32.7 Å². The summed E-state index contributed by atoms with van der Waals surface area (Å²) in [4.78, 5) is 6.53. The van der Waals surface area contributed by atoms with Crippen LogP contribution in [0.5, 0.6) is 5.75 Å². The molecule has 1 saturated heterocycles. The SMILES string of the molecule is CN=C(NCc1c(F)cccc1OC(F)F)NC(C)c1cccc(N2CCCC2)c1.I. The van der Waals surface area contributed by atoms with Gasteiger partial charge in [0.05, 0.1) is 6.04 Å². The fourth-order valence-electron chi connectivity index (χ4n) is 3.54. The molecule has 1 heterocycles. The van der Waals surface area contributed by atoms with Crippen molar-refractivity contribution >= 4 is 35.6 Å². The molecule has 1 fully saturated rings. The van der Waals surface area contributed by atoms with E-state index in [4.69, 9.17) is 0 Å². The molecule has 1 atom stereocenters. The smallest absolute Gasteiger partial charge is 0.387 e. The summed E-state index contributed by atoms with van der Waals surface area (Å²) in [7, 11) is 1.60. The molecule has 5 nitrogen and oxygen atoms in total. The Morgan fingerprint density at radius 1 is 1.16 bits per heavy atom. The number of alkyl halides is 2. The van der Waals surface area contributed by atoms with E-state index in [1.54, 1.807) is 7.05 Å². The number of hydrogen-bond acceptors (Lipinski definition) is 3. The Labute approximate surface area is 198 Å². The molecular weight excluding hydrogens is 520 g/mol. The molecule has 0 aliphatic carbocycles. The number of nitrogens with zero attached hydrogens (tertiary/aromatic N) is 2. The molecule has 1 unspecified atom stereocenters. The molecule has 0 radical (unpaired) electrons. The summed E-state index contributed by atoms with van der Waals surface area (Å²) in [5, 5.41) is 6.23. The lowest BCUT2D eigenvalue weighted by Gasteiger charge is -2.22. The third kappa shape index (κ3) is 6.91. The lowest BCUT2D eigenvalue weighted by atomic mass is 10.1. The van der Waals surface area contributed by atoms with E-state index in [9.17, 15) is 13.2 Å². The first kappa shape index (κ1) is 25.1. The van der Waals surface area contributed by atoms with Crippen LogP contribution in [0, 0.1) is 5.82 Å². The van der Waals surface area contributed by atoms with Gasteiger partial charge in [0.25, 0.3) is 0 Å². The van der Waals surface area contributed by atoms with Crippen molar-refractivity contribution < 1.29 is 17.9 Å². The standard InChI is InChI=1S/C22H27F3N4O.HI/c1-15(16-7-5-8-17(13-16)29-11-3-4-12-29)28-22(26-2)27-14-18-19(23)9-6-10-20(18)30-21(24)25;/h5-10,13,15,21H,3-4,11-12,14H2,1-2H3,(H2,26,27,28);1H. The third-order valence-corrected chi connectivity index (χ3v) is 5.14. The van der Waals surface area contributed by atoms with Crippen molar-refractivity contribution in [3.05, 3.63) is 59.4 Å². The quantitative estimate of drug-likeness (QED) is 0.288. The van der Waals surface area contributed by atoms with Crippen molar-refractivity contribution in [1.82, 2.24) is 10.6 Å². The number of nitrogens with one attached hydrogen (secondary N) is 2. The maximum Gasteiger partial charge on any atom is 0.387 e. The zero-order valence-electron chi connectivity index (χ0n) is 17.6. The van der Waals surface area contributed by atoms with E-state index < -0.39 is 12.4 Å². The van der Waals surface area contributed by atoms with Crippen LogP contribution in [-0.2, 0) is 6.54 Å². The van der Waals surface area contributed by atoms with Gasteiger partial charge < -0.3 is 20.3 Å². The van der Waals surface area contributed by atoms with Gasteiger partial charge in [0.2, 0.25) is 0 Å².